The molecule has 0 aliphatic heterocycles. The first-order valence-corrected chi connectivity index (χ1v) is 6.25. The van der Waals surface area contributed by atoms with Crippen LogP contribution < -0.4 is 16.6 Å². The number of nitrogens with two attached hydrogens (primary N) is 1. The van der Waals surface area contributed by atoms with Crippen molar-refractivity contribution < 1.29 is 0 Å². The lowest BCUT2D eigenvalue weighted by molar-refractivity contribution is 0.637. The van der Waals surface area contributed by atoms with Gasteiger partial charge >= 0.3 is 0 Å². The predicted molar refractivity (Wildman–Crippen MR) is 68.1 cm³/mol. The second-order valence-corrected chi connectivity index (χ2v) is 4.77. The zero-order valence-electron chi connectivity index (χ0n) is 10.2. The molecule has 1 fully saturated rings. The molecule has 3 N–H and O–H groups in total. The molecule has 1 saturated carbocycles. The van der Waals surface area contributed by atoms with Gasteiger partial charge in [0.15, 0.2) is 5.82 Å². The molecule has 0 saturated heterocycles. The van der Waals surface area contributed by atoms with E-state index >= 15 is 0 Å². The van der Waals surface area contributed by atoms with Crippen LogP contribution in [-0.2, 0) is 0 Å². The Hall–Kier alpha value is -1.36. The van der Waals surface area contributed by atoms with Crippen LogP contribution >= 0.6 is 0 Å². The molecule has 17 heavy (non-hydrogen) atoms. The summed E-state index contributed by atoms with van der Waals surface area (Å²) in [4.78, 5) is 16.1. The van der Waals surface area contributed by atoms with Crippen molar-refractivity contribution in [2.75, 3.05) is 11.9 Å². The number of rotatable bonds is 6. The summed E-state index contributed by atoms with van der Waals surface area (Å²) >= 11 is 0. The van der Waals surface area contributed by atoms with Crippen LogP contribution in [0, 0.1) is 0 Å². The zero-order chi connectivity index (χ0) is 12.3. The minimum absolute atomic E-state index is 0.00389. The summed E-state index contributed by atoms with van der Waals surface area (Å²) in [6.45, 7) is 2.74. The topological polar surface area (TPSA) is 72.9 Å². The van der Waals surface area contributed by atoms with E-state index < -0.39 is 0 Å². The zero-order valence-corrected chi connectivity index (χ0v) is 10.2. The summed E-state index contributed by atoms with van der Waals surface area (Å²) in [5.41, 5.74) is 5.66. The fourth-order valence-corrected chi connectivity index (χ4v) is 1.82. The van der Waals surface area contributed by atoms with Gasteiger partial charge in [-0.2, -0.15) is 0 Å². The fourth-order valence-electron chi connectivity index (χ4n) is 1.82. The van der Waals surface area contributed by atoms with Crippen LogP contribution in [0.25, 0.3) is 0 Å². The largest absolute Gasteiger partial charge is 0.365 e. The summed E-state index contributed by atoms with van der Waals surface area (Å²) in [6.07, 6.45) is 7.58. The van der Waals surface area contributed by atoms with Crippen molar-refractivity contribution in [3.63, 3.8) is 0 Å². The molecule has 1 atom stereocenters. The Balaban J connectivity index is 1.92. The molecular formula is C12H20N4O. The molecule has 2 rings (SSSR count). The van der Waals surface area contributed by atoms with Gasteiger partial charge in [-0.1, -0.05) is 0 Å². The van der Waals surface area contributed by atoms with Crippen molar-refractivity contribution in [2.24, 2.45) is 5.73 Å². The van der Waals surface area contributed by atoms with Gasteiger partial charge in [-0.15, -0.1) is 0 Å². The van der Waals surface area contributed by atoms with E-state index in [0.29, 0.717) is 11.9 Å². The van der Waals surface area contributed by atoms with Crippen LogP contribution in [0.2, 0.25) is 0 Å². The lowest BCUT2D eigenvalue weighted by Gasteiger charge is -2.08. The van der Waals surface area contributed by atoms with Crippen molar-refractivity contribution in [3.05, 3.63) is 22.7 Å². The van der Waals surface area contributed by atoms with Gasteiger partial charge in [0, 0.05) is 31.0 Å². The normalized spacial score (nSPS) is 16.8. The highest BCUT2D eigenvalue weighted by Gasteiger charge is 2.25. The molecule has 1 aliphatic rings. The highest BCUT2D eigenvalue weighted by atomic mass is 16.1. The molecular weight excluding hydrogens is 216 g/mol. The Kier molecular flexibility index (Phi) is 3.78. The van der Waals surface area contributed by atoms with Crippen LogP contribution in [0.5, 0.6) is 0 Å². The molecule has 1 unspecified atom stereocenters. The Bertz CT molecular complexity index is 423. The summed E-state index contributed by atoms with van der Waals surface area (Å²) < 4.78 is 1.78. The van der Waals surface area contributed by atoms with Crippen LogP contribution in [-0.4, -0.2) is 22.1 Å². The lowest BCUT2D eigenvalue weighted by Crippen LogP contribution is -2.24. The van der Waals surface area contributed by atoms with Crippen molar-refractivity contribution in [2.45, 2.75) is 44.7 Å². The summed E-state index contributed by atoms with van der Waals surface area (Å²) in [7, 11) is 0. The van der Waals surface area contributed by atoms with Crippen LogP contribution in [0.3, 0.4) is 0 Å². The molecule has 0 aromatic carbocycles. The standard InChI is InChI=1S/C12H20N4O/c1-9(13)3-2-6-14-11-12(17)16(8-7-15-11)10-4-5-10/h7-10H,2-6,13H2,1H3,(H,14,15). The minimum Gasteiger partial charge on any atom is -0.365 e. The van der Waals surface area contributed by atoms with Gasteiger partial charge in [0.1, 0.15) is 0 Å². The third kappa shape index (κ3) is 3.30. The number of nitrogens with zero attached hydrogens (tertiary/aromatic N) is 2. The number of anilines is 1. The van der Waals surface area contributed by atoms with Crippen LogP contribution in [0.4, 0.5) is 5.82 Å². The SMILES string of the molecule is CC(N)CCCNc1nccn(C2CC2)c1=O. The number of hydrogen-bond acceptors (Lipinski definition) is 4. The highest BCUT2D eigenvalue weighted by molar-refractivity contribution is 5.30. The molecule has 5 nitrogen and oxygen atoms in total. The monoisotopic (exact) mass is 236 g/mol. The van der Waals surface area contributed by atoms with E-state index in [1.165, 1.54) is 0 Å². The molecule has 0 amide bonds. The Morgan fingerprint density at radius 3 is 3.06 bits per heavy atom. The van der Waals surface area contributed by atoms with E-state index in [9.17, 15) is 4.79 Å². The smallest absolute Gasteiger partial charge is 0.293 e. The lowest BCUT2D eigenvalue weighted by atomic mass is 10.2. The fraction of sp³-hybridized carbons (Fsp3) is 0.667. The molecule has 94 valence electrons. The molecule has 0 spiro atoms. The molecule has 5 heteroatoms. The van der Waals surface area contributed by atoms with Gasteiger partial charge in [0.05, 0.1) is 0 Å². The van der Waals surface area contributed by atoms with Crippen molar-refractivity contribution in [1.29, 1.82) is 0 Å². The number of hydrogen-bond donors (Lipinski definition) is 2. The predicted octanol–water partition coefficient (Wildman–Crippen LogP) is 1.12. The molecule has 1 aromatic rings. The maximum Gasteiger partial charge on any atom is 0.293 e. The van der Waals surface area contributed by atoms with Crippen molar-refractivity contribution in [1.82, 2.24) is 9.55 Å². The van der Waals surface area contributed by atoms with E-state index in [1.54, 1.807) is 17.0 Å². The Labute approximate surface area is 101 Å². The number of aromatic nitrogens is 2. The molecule has 1 aromatic heterocycles. The third-order valence-electron chi connectivity index (χ3n) is 2.94. The molecule has 0 bridgehead atoms. The first-order chi connectivity index (χ1) is 8.18. The summed E-state index contributed by atoms with van der Waals surface area (Å²) in [5.74, 6) is 0.462. The average Bonchev–Trinajstić information content (AvgIpc) is 3.10. The molecule has 1 heterocycles. The first kappa shape index (κ1) is 12.1. The van der Waals surface area contributed by atoms with Gasteiger partial charge in [-0.3, -0.25) is 4.79 Å². The third-order valence-corrected chi connectivity index (χ3v) is 2.94. The second-order valence-electron chi connectivity index (χ2n) is 4.77. The van der Waals surface area contributed by atoms with Gasteiger partial charge in [0.2, 0.25) is 0 Å². The van der Waals surface area contributed by atoms with Crippen LogP contribution in [0.15, 0.2) is 17.2 Å². The molecule has 1 aliphatic carbocycles. The van der Waals surface area contributed by atoms with E-state index in [-0.39, 0.29) is 11.6 Å². The van der Waals surface area contributed by atoms with Gasteiger partial charge in [-0.25, -0.2) is 4.98 Å². The van der Waals surface area contributed by atoms with E-state index in [2.05, 4.69) is 10.3 Å². The second kappa shape index (κ2) is 5.31. The molecule has 0 radical (unpaired) electrons. The van der Waals surface area contributed by atoms with Crippen molar-refractivity contribution >= 4 is 5.82 Å². The number of nitrogens with one attached hydrogen (secondary N) is 1. The Morgan fingerprint density at radius 2 is 2.41 bits per heavy atom. The van der Waals surface area contributed by atoms with Gasteiger partial charge in [-0.05, 0) is 32.6 Å². The maximum atomic E-state index is 12.0. The minimum atomic E-state index is -0.00389. The Morgan fingerprint density at radius 1 is 1.65 bits per heavy atom. The highest BCUT2D eigenvalue weighted by Crippen LogP contribution is 2.33. The quantitative estimate of drug-likeness (QED) is 0.726. The summed E-state index contributed by atoms with van der Waals surface area (Å²) in [6, 6.07) is 0.610. The van der Waals surface area contributed by atoms with Crippen LogP contribution in [0.1, 0.15) is 38.6 Å². The van der Waals surface area contributed by atoms with E-state index in [0.717, 1.165) is 32.2 Å². The van der Waals surface area contributed by atoms with Crippen molar-refractivity contribution in [3.8, 4) is 0 Å². The van der Waals surface area contributed by atoms with Gasteiger partial charge in [0.25, 0.3) is 5.56 Å². The van der Waals surface area contributed by atoms with Gasteiger partial charge < -0.3 is 15.6 Å². The average molecular weight is 236 g/mol. The maximum absolute atomic E-state index is 12.0. The first-order valence-electron chi connectivity index (χ1n) is 6.25. The summed E-state index contributed by atoms with van der Waals surface area (Å²) in [5, 5.41) is 3.09. The van der Waals surface area contributed by atoms with E-state index in [1.807, 2.05) is 6.92 Å². The van der Waals surface area contributed by atoms with E-state index in [4.69, 9.17) is 5.73 Å².